The van der Waals surface area contributed by atoms with E-state index >= 15 is 0 Å². The van der Waals surface area contributed by atoms with E-state index in [1.807, 2.05) is 0 Å². The van der Waals surface area contributed by atoms with Crippen LogP contribution >= 0.6 is 0 Å². The molecule has 0 amide bonds. The van der Waals surface area contributed by atoms with E-state index in [4.69, 9.17) is 5.73 Å². The fourth-order valence-electron chi connectivity index (χ4n) is 4.13. The van der Waals surface area contributed by atoms with Crippen LogP contribution in [0.2, 0.25) is 0 Å². The maximum absolute atomic E-state index is 6.18. The normalized spacial score (nSPS) is 18.0. The molecular weight excluding hydrogens is 244 g/mol. The average molecular weight is 270 g/mol. The van der Waals surface area contributed by atoms with Crippen molar-refractivity contribution in [2.24, 2.45) is 11.7 Å². The van der Waals surface area contributed by atoms with Crippen molar-refractivity contribution in [1.82, 2.24) is 4.98 Å². The van der Waals surface area contributed by atoms with Gasteiger partial charge in [0.1, 0.15) is 0 Å². The summed E-state index contributed by atoms with van der Waals surface area (Å²) in [6.45, 7) is 7.40. The average Bonchev–Trinajstić information content (AvgIpc) is 3.05. The number of benzene rings is 1. The van der Waals surface area contributed by atoms with Crippen molar-refractivity contribution in [2.45, 2.75) is 52.4 Å². The Morgan fingerprint density at radius 1 is 1.15 bits per heavy atom. The predicted octanol–water partition coefficient (Wildman–Crippen LogP) is 4.33. The van der Waals surface area contributed by atoms with Crippen LogP contribution in [0.15, 0.2) is 12.1 Å². The number of rotatable bonds is 3. The summed E-state index contributed by atoms with van der Waals surface area (Å²) < 4.78 is 0. The minimum atomic E-state index is 0.520. The third-order valence-corrected chi connectivity index (χ3v) is 5.20. The summed E-state index contributed by atoms with van der Waals surface area (Å²) in [7, 11) is 0. The molecular formula is C18H26N2. The van der Waals surface area contributed by atoms with E-state index in [1.54, 1.807) is 0 Å². The van der Waals surface area contributed by atoms with Crippen LogP contribution in [0.5, 0.6) is 0 Å². The molecule has 2 nitrogen and oxygen atoms in total. The second kappa shape index (κ2) is 5.25. The van der Waals surface area contributed by atoms with Gasteiger partial charge in [-0.05, 0) is 62.8 Å². The fraction of sp³-hybridized carbons (Fsp3) is 0.556. The number of nitrogens with one attached hydrogen (secondary N) is 1. The first-order chi connectivity index (χ1) is 9.63. The summed E-state index contributed by atoms with van der Waals surface area (Å²) in [6, 6.07) is 4.46. The summed E-state index contributed by atoms with van der Waals surface area (Å²) in [6.07, 6.45) is 5.44. The lowest BCUT2D eigenvalue weighted by atomic mass is 9.82. The highest BCUT2D eigenvalue weighted by atomic mass is 14.7. The Bertz CT molecular complexity index is 618. The largest absolute Gasteiger partial charge is 0.358 e. The molecule has 1 fully saturated rings. The van der Waals surface area contributed by atoms with Crippen LogP contribution in [-0.2, 0) is 0 Å². The van der Waals surface area contributed by atoms with E-state index in [9.17, 15) is 0 Å². The second-order valence-electron chi connectivity index (χ2n) is 6.50. The van der Waals surface area contributed by atoms with Gasteiger partial charge in [-0.3, -0.25) is 0 Å². The molecule has 1 heterocycles. The summed E-state index contributed by atoms with van der Waals surface area (Å²) in [5, 5.41) is 1.44. The molecule has 1 aromatic carbocycles. The van der Waals surface area contributed by atoms with Crippen LogP contribution in [0.25, 0.3) is 10.9 Å². The minimum Gasteiger partial charge on any atom is -0.358 e. The number of H-pyrrole nitrogens is 1. The topological polar surface area (TPSA) is 41.8 Å². The highest BCUT2D eigenvalue weighted by Crippen LogP contribution is 2.41. The Morgan fingerprint density at radius 2 is 1.80 bits per heavy atom. The van der Waals surface area contributed by atoms with Gasteiger partial charge in [-0.25, -0.2) is 0 Å². The molecule has 3 rings (SSSR count). The standard InChI is InChI=1S/C18H26N2/c1-11-8-9-12(2)18-16(11)17(13(3)20-18)15(10-19)14-6-4-5-7-14/h8-9,14-15,20H,4-7,10,19H2,1-3H3. The van der Waals surface area contributed by atoms with E-state index in [0.717, 1.165) is 12.5 Å². The molecule has 1 aromatic heterocycles. The molecule has 1 aliphatic rings. The summed E-state index contributed by atoms with van der Waals surface area (Å²) in [4.78, 5) is 3.62. The predicted molar refractivity (Wildman–Crippen MR) is 86.3 cm³/mol. The number of hydrogen-bond acceptors (Lipinski definition) is 1. The number of aromatic nitrogens is 1. The Labute approximate surface area is 121 Å². The van der Waals surface area contributed by atoms with Crippen molar-refractivity contribution in [3.8, 4) is 0 Å². The lowest BCUT2D eigenvalue weighted by molar-refractivity contribution is 0.441. The molecule has 0 bridgehead atoms. The Hall–Kier alpha value is -1.28. The highest BCUT2D eigenvalue weighted by Gasteiger charge is 2.29. The Kier molecular flexibility index (Phi) is 3.59. The third kappa shape index (κ3) is 2.07. The van der Waals surface area contributed by atoms with Crippen LogP contribution in [0.1, 0.15) is 54.0 Å². The molecule has 2 heteroatoms. The van der Waals surface area contributed by atoms with Crippen molar-refractivity contribution in [3.05, 3.63) is 34.5 Å². The maximum Gasteiger partial charge on any atom is 0.0491 e. The molecule has 1 unspecified atom stereocenters. The van der Waals surface area contributed by atoms with Gasteiger partial charge in [0.15, 0.2) is 0 Å². The second-order valence-corrected chi connectivity index (χ2v) is 6.50. The third-order valence-electron chi connectivity index (χ3n) is 5.20. The molecule has 20 heavy (non-hydrogen) atoms. The van der Waals surface area contributed by atoms with Crippen LogP contribution in [0.4, 0.5) is 0 Å². The molecule has 1 saturated carbocycles. The molecule has 0 aliphatic heterocycles. The first kappa shape index (κ1) is 13.7. The van der Waals surface area contributed by atoms with E-state index < -0.39 is 0 Å². The van der Waals surface area contributed by atoms with E-state index in [1.165, 1.54) is 59.0 Å². The number of fused-ring (bicyclic) bond motifs is 1. The SMILES string of the molecule is Cc1[nH]c2c(C)ccc(C)c2c1C(CN)C1CCCC1. The van der Waals surface area contributed by atoms with Crippen molar-refractivity contribution >= 4 is 10.9 Å². The van der Waals surface area contributed by atoms with Crippen LogP contribution in [0.3, 0.4) is 0 Å². The lowest BCUT2D eigenvalue weighted by Gasteiger charge is -2.23. The quantitative estimate of drug-likeness (QED) is 0.856. The number of aromatic amines is 1. The summed E-state index contributed by atoms with van der Waals surface area (Å²) in [5.74, 6) is 1.30. The summed E-state index contributed by atoms with van der Waals surface area (Å²) >= 11 is 0. The lowest BCUT2D eigenvalue weighted by Crippen LogP contribution is -2.20. The van der Waals surface area contributed by atoms with Crippen LogP contribution < -0.4 is 5.73 Å². The molecule has 1 aliphatic carbocycles. The zero-order valence-electron chi connectivity index (χ0n) is 12.9. The molecule has 0 saturated heterocycles. The van der Waals surface area contributed by atoms with Gasteiger partial charge in [0, 0.05) is 22.5 Å². The van der Waals surface area contributed by atoms with Gasteiger partial charge >= 0.3 is 0 Å². The van der Waals surface area contributed by atoms with Gasteiger partial charge in [-0.1, -0.05) is 25.0 Å². The molecule has 2 aromatic rings. The highest BCUT2D eigenvalue weighted by molar-refractivity contribution is 5.90. The number of aryl methyl sites for hydroxylation is 3. The molecule has 1 atom stereocenters. The van der Waals surface area contributed by atoms with Crippen molar-refractivity contribution in [1.29, 1.82) is 0 Å². The maximum atomic E-state index is 6.18. The van der Waals surface area contributed by atoms with Gasteiger partial charge in [-0.2, -0.15) is 0 Å². The Morgan fingerprint density at radius 3 is 2.45 bits per heavy atom. The zero-order chi connectivity index (χ0) is 14.3. The monoisotopic (exact) mass is 270 g/mol. The van der Waals surface area contributed by atoms with Crippen molar-refractivity contribution in [2.75, 3.05) is 6.54 Å². The van der Waals surface area contributed by atoms with Crippen molar-refractivity contribution < 1.29 is 0 Å². The van der Waals surface area contributed by atoms with E-state index in [-0.39, 0.29) is 0 Å². The fourth-order valence-corrected chi connectivity index (χ4v) is 4.13. The number of hydrogen-bond donors (Lipinski definition) is 2. The smallest absolute Gasteiger partial charge is 0.0491 e. The van der Waals surface area contributed by atoms with Gasteiger partial charge < -0.3 is 10.7 Å². The molecule has 108 valence electrons. The molecule has 0 radical (unpaired) electrons. The first-order valence-electron chi connectivity index (χ1n) is 7.92. The van der Waals surface area contributed by atoms with Gasteiger partial charge in [-0.15, -0.1) is 0 Å². The van der Waals surface area contributed by atoms with Gasteiger partial charge in [0.2, 0.25) is 0 Å². The molecule has 0 spiro atoms. The Balaban J connectivity index is 2.18. The molecule has 3 N–H and O–H groups in total. The van der Waals surface area contributed by atoms with Gasteiger partial charge in [0.25, 0.3) is 0 Å². The van der Waals surface area contributed by atoms with Crippen LogP contribution in [0, 0.1) is 26.7 Å². The zero-order valence-corrected chi connectivity index (χ0v) is 12.9. The summed E-state index contributed by atoms with van der Waals surface area (Å²) in [5.41, 5.74) is 13.0. The minimum absolute atomic E-state index is 0.520. The van der Waals surface area contributed by atoms with Gasteiger partial charge in [0.05, 0.1) is 0 Å². The van der Waals surface area contributed by atoms with E-state index in [2.05, 4.69) is 37.9 Å². The van der Waals surface area contributed by atoms with Crippen molar-refractivity contribution in [3.63, 3.8) is 0 Å². The van der Waals surface area contributed by atoms with Crippen LogP contribution in [-0.4, -0.2) is 11.5 Å². The number of nitrogens with two attached hydrogens (primary N) is 1. The van der Waals surface area contributed by atoms with E-state index in [0.29, 0.717) is 5.92 Å². The first-order valence-corrected chi connectivity index (χ1v) is 7.92.